The van der Waals surface area contributed by atoms with Crippen LogP contribution >= 0.6 is 11.8 Å². The Kier molecular flexibility index (Phi) is 2.00. The summed E-state index contributed by atoms with van der Waals surface area (Å²) >= 11 is 1.92. The van der Waals surface area contributed by atoms with E-state index in [1.54, 1.807) is 0 Å². The summed E-state index contributed by atoms with van der Waals surface area (Å²) in [7, 11) is 0. The number of hydrogen-bond donors (Lipinski definition) is 0. The molecular formula is C5H10OS. The van der Waals surface area contributed by atoms with Crippen LogP contribution in [0.2, 0.25) is 0 Å². The van der Waals surface area contributed by atoms with E-state index in [0.29, 0.717) is 0 Å². The predicted molar refractivity (Wildman–Crippen MR) is 32.5 cm³/mol. The van der Waals surface area contributed by atoms with Crippen LogP contribution in [0.3, 0.4) is 0 Å². The van der Waals surface area contributed by atoms with E-state index < -0.39 is 0 Å². The van der Waals surface area contributed by atoms with Gasteiger partial charge in [0.15, 0.2) is 0 Å². The third-order valence-electron chi connectivity index (χ3n) is 1.15. The highest BCUT2D eigenvalue weighted by Crippen LogP contribution is 2.20. The van der Waals surface area contributed by atoms with Crippen molar-refractivity contribution in [3.8, 4) is 0 Å². The Hall–Kier alpha value is 0.310. The molecule has 1 nitrogen and oxygen atoms in total. The first-order chi connectivity index (χ1) is 3.43. The van der Waals surface area contributed by atoms with Gasteiger partial charge in [0.05, 0.1) is 12.5 Å². The molecule has 2 heteroatoms. The van der Waals surface area contributed by atoms with Gasteiger partial charge < -0.3 is 4.74 Å². The third kappa shape index (κ3) is 1.35. The molecule has 1 atom stereocenters. The molecule has 0 aliphatic carbocycles. The van der Waals surface area contributed by atoms with Crippen LogP contribution < -0.4 is 0 Å². The smallest absolute Gasteiger partial charge is 0.0925 e. The Morgan fingerprint density at radius 1 is 1.86 bits per heavy atom. The fraction of sp³-hybridized carbons (Fsp3) is 1.00. The molecule has 1 unspecified atom stereocenters. The second-order valence-electron chi connectivity index (χ2n) is 1.69. The van der Waals surface area contributed by atoms with Gasteiger partial charge in [0.25, 0.3) is 0 Å². The Morgan fingerprint density at radius 3 is 3.00 bits per heavy atom. The molecule has 0 radical (unpaired) electrons. The highest BCUT2D eigenvalue weighted by Gasteiger charge is 2.12. The van der Waals surface area contributed by atoms with Crippen molar-refractivity contribution in [2.75, 3.05) is 12.5 Å². The average Bonchev–Trinajstić information content (AvgIpc) is 2.14. The summed E-state index contributed by atoms with van der Waals surface area (Å²) in [4.78, 5) is 0. The quantitative estimate of drug-likeness (QED) is 0.516. The third-order valence-corrected chi connectivity index (χ3v) is 2.39. The molecule has 0 amide bonds. The molecule has 0 aromatic heterocycles. The number of hydrogen-bond acceptors (Lipinski definition) is 2. The molecular weight excluding hydrogens is 108 g/mol. The van der Waals surface area contributed by atoms with E-state index in [4.69, 9.17) is 4.74 Å². The predicted octanol–water partition coefficient (Wildman–Crippen LogP) is 1.49. The lowest BCUT2D eigenvalue weighted by molar-refractivity contribution is 0.202. The van der Waals surface area contributed by atoms with Crippen LogP contribution in [0.1, 0.15) is 13.3 Å². The zero-order chi connectivity index (χ0) is 5.11. The van der Waals surface area contributed by atoms with Gasteiger partial charge in [0, 0.05) is 5.25 Å². The molecule has 0 aromatic rings. The van der Waals surface area contributed by atoms with Crippen LogP contribution in [-0.2, 0) is 4.74 Å². The summed E-state index contributed by atoms with van der Waals surface area (Å²) < 4.78 is 5.11. The molecule has 0 bridgehead atoms. The normalized spacial score (nSPS) is 31.3. The molecule has 1 aliphatic rings. The van der Waals surface area contributed by atoms with Crippen molar-refractivity contribution in [3.63, 3.8) is 0 Å². The largest absolute Gasteiger partial charge is 0.370 e. The molecule has 1 saturated heterocycles. The van der Waals surface area contributed by atoms with Crippen molar-refractivity contribution in [2.24, 2.45) is 0 Å². The lowest BCUT2D eigenvalue weighted by atomic mass is 10.3. The summed E-state index contributed by atoms with van der Waals surface area (Å²) in [6.07, 6.45) is 1.25. The first-order valence-electron chi connectivity index (χ1n) is 2.63. The molecule has 7 heavy (non-hydrogen) atoms. The monoisotopic (exact) mass is 118 g/mol. The molecule has 0 aromatic carbocycles. The first kappa shape index (κ1) is 5.45. The van der Waals surface area contributed by atoms with Crippen LogP contribution in [0.25, 0.3) is 0 Å². The van der Waals surface area contributed by atoms with Crippen molar-refractivity contribution >= 4 is 11.8 Å². The topological polar surface area (TPSA) is 9.23 Å². The number of rotatable bonds is 1. The van der Waals surface area contributed by atoms with Gasteiger partial charge in [0.2, 0.25) is 0 Å². The maximum atomic E-state index is 5.11. The Morgan fingerprint density at radius 2 is 2.71 bits per heavy atom. The molecule has 0 N–H and O–H groups in total. The Bertz CT molecular complexity index is 50.0. The average molecular weight is 118 g/mol. The minimum Gasteiger partial charge on any atom is -0.370 e. The lowest BCUT2D eigenvalue weighted by Gasteiger charge is -1.96. The first-order valence-corrected chi connectivity index (χ1v) is 3.67. The molecule has 42 valence electrons. The molecule has 1 aliphatic heterocycles. The zero-order valence-corrected chi connectivity index (χ0v) is 5.33. The molecule has 1 heterocycles. The highest BCUT2D eigenvalue weighted by molar-refractivity contribution is 7.99. The Balaban J connectivity index is 2.14. The van der Waals surface area contributed by atoms with Gasteiger partial charge >= 0.3 is 0 Å². The fourth-order valence-corrected chi connectivity index (χ4v) is 1.42. The summed E-state index contributed by atoms with van der Waals surface area (Å²) in [5.41, 5.74) is 0. The van der Waals surface area contributed by atoms with E-state index in [1.165, 1.54) is 6.42 Å². The second-order valence-corrected chi connectivity index (χ2v) is 2.92. The van der Waals surface area contributed by atoms with E-state index in [9.17, 15) is 0 Å². The molecule has 1 rings (SSSR count). The summed E-state index contributed by atoms with van der Waals surface area (Å²) in [6.45, 7) is 3.17. The van der Waals surface area contributed by atoms with Gasteiger partial charge in [-0.25, -0.2) is 0 Å². The number of ether oxygens (including phenoxy) is 1. The minimum absolute atomic E-state index is 0.792. The maximum absolute atomic E-state index is 5.11. The van der Waals surface area contributed by atoms with Crippen molar-refractivity contribution in [1.29, 1.82) is 0 Å². The van der Waals surface area contributed by atoms with Crippen LogP contribution in [0.15, 0.2) is 0 Å². The van der Waals surface area contributed by atoms with Gasteiger partial charge in [-0.3, -0.25) is 0 Å². The van der Waals surface area contributed by atoms with Crippen LogP contribution in [0.5, 0.6) is 0 Å². The van der Waals surface area contributed by atoms with Gasteiger partial charge in [-0.2, -0.15) is 0 Å². The van der Waals surface area contributed by atoms with Gasteiger partial charge in [0.1, 0.15) is 0 Å². The lowest BCUT2D eigenvalue weighted by Crippen LogP contribution is -1.98. The van der Waals surface area contributed by atoms with E-state index in [-0.39, 0.29) is 0 Å². The van der Waals surface area contributed by atoms with Crippen molar-refractivity contribution in [1.82, 2.24) is 0 Å². The van der Waals surface area contributed by atoms with Crippen LogP contribution in [0.4, 0.5) is 0 Å². The molecule has 0 saturated carbocycles. The Labute approximate surface area is 48.4 Å². The maximum Gasteiger partial charge on any atom is 0.0925 e. The second kappa shape index (κ2) is 2.58. The van der Waals surface area contributed by atoms with Crippen LogP contribution in [0, 0.1) is 0 Å². The van der Waals surface area contributed by atoms with Crippen LogP contribution in [-0.4, -0.2) is 17.8 Å². The number of thioether (sulfide) groups is 1. The van der Waals surface area contributed by atoms with E-state index >= 15 is 0 Å². The summed E-state index contributed by atoms with van der Waals surface area (Å²) in [5.74, 6) is 0.915. The van der Waals surface area contributed by atoms with Crippen molar-refractivity contribution in [2.45, 2.75) is 18.6 Å². The van der Waals surface area contributed by atoms with Gasteiger partial charge in [-0.1, -0.05) is 6.92 Å². The van der Waals surface area contributed by atoms with E-state index in [2.05, 4.69) is 6.92 Å². The SMILES string of the molecule is CCC1COCS1. The van der Waals surface area contributed by atoms with Crippen molar-refractivity contribution in [3.05, 3.63) is 0 Å². The summed E-state index contributed by atoms with van der Waals surface area (Å²) in [5, 5.41) is 0.792. The van der Waals surface area contributed by atoms with Gasteiger partial charge in [-0.05, 0) is 6.42 Å². The van der Waals surface area contributed by atoms with Crippen molar-refractivity contribution < 1.29 is 4.74 Å². The summed E-state index contributed by atoms with van der Waals surface area (Å²) in [6, 6.07) is 0. The van der Waals surface area contributed by atoms with Gasteiger partial charge in [-0.15, -0.1) is 11.8 Å². The highest BCUT2D eigenvalue weighted by atomic mass is 32.2. The fourth-order valence-electron chi connectivity index (χ4n) is 0.608. The minimum atomic E-state index is 0.792. The van der Waals surface area contributed by atoms with E-state index in [0.717, 1.165) is 17.8 Å². The standard InChI is InChI=1S/C5H10OS/c1-2-5-3-6-4-7-5/h5H,2-4H2,1H3. The van der Waals surface area contributed by atoms with E-state index in [1.807, 2.05) is 11.8 Å². The zero-order valence-electron chi connectivity index (χ0n) is 4.52. The molecule has 0 spiro atoms. The molecule has 1 fully saturated rings.